The quantitative estimate of drug-likeness (QED) is 0.603. The monoisotopic (exact) mass is 455 g/mol. The van der Waals surface area contributed by atoms with Crippen molar-refractivity contribution < 1.29 is 9.59 Å². The zero-order valence-electron chi connectivity index (χ0n) is 16.9. The third-order valence-corrected chi connectivity index (χ3v) is 5.90. The highest BCUT2D eigenvalue weighted by atomic mass is 35.5. The van der Waals surface area contributed by atoms with E-state index in [4.69, 9.17) is 23.2 Å². The van der Waals surface area contributed by atoms with Crippen molar-refractivity contribution in [3.63, 3.8) is 0 Å². The van der Waals surface area contributed by atoms with Crippen molar-refractivity contribution in [2.24, 2.45) is 0 Å². The molecular formula is C24H23Cl2N3O2. The Morgan fingerprint density at radius 2 is 1.77 bits per heavy atom. The fourth-order valence-electron chi connectivity index (χ4n) is 3.79. The second-order valence-electron chi connectivity index (χ2n) is 7.73. The number of hydrogen-bond acceptors (Lipinski definition) is 3. The Labute approximate surface area is 191 Å². The number of amides is 2. The van der Waals surface area contributed by atoms with Crippen LogP contribution in [-0.2, 0) is 11.3 Å². The van der Waals surface area contributed by atoms with Crippen LogP contribution in [0.15, 0.2) is 60.7 Å². The van der Waals surface area contributed by atoms with Crippen molar-refractivity contribution in [3.8, 4) is 0 Å². The van der Waals surface area contributed by atoms with Gasteiger partial charge in [0.15, 0.2) is 0 Å². The Hall–Kier alpha value is -2.60. The molecule has 0 aromatic heterocycles. The molecule has 3 aromatic rings. The van der Waals surface area contributed by atoms with Crippen molar-refractivity contribution in [2.45, 2.75) is 19.0 Å². The number of nitrogens with one attached hydrogen (secondary N) is 2. The minimum absolute atomic E-state index is 0.0134. The molecule has 1 aliphatic rings. The summed E-state index contributed by atoms with van der Waals surface area (Å²) in [5.74, 6) is -0.104. The maximum absolute atomic E-state index is 12.6. The normalized spacial score (nSPS) is 16.9. The molecule has 0 saturated carbocycles. The van der Waals surface area contributed by atoms with E-state index >= 15 is 0 Å². The molecule has 0 radical (unpaired) electrons. The molecule has 0 spiro atoms. The van der Waals surface area contributed by atoms with Crippen LogP contribution in [0.2, 0.25) is 10.0 Å². The smallest absolute Gasteiger partial charge is 0.251 e. The number of benzene rings is 3. The van der Waals surface area contributed by atoms with Crippen molar-refractivity contribution >= 4 is 45.8 Å². The molecule has 3 aromatic carbocycles. The summed E-state index contributed by atoms with van der Waals surface area (Å²) in [5, 5.41) is 9.48. The van der Waals surface area contributed by atoms with Gasteiger partial charge in [0.2, 0.25) is 5.91 Å². The summed E-state index contributed by atoms with van der Waals surface area (Å²) >= 11 is 12.1. The summed E-state index contributed by atoms with van der Waals surface area (Å²) in [6, 6.07) is 19.0. The number of rotatable bonds is 5. The zero-order valence-corrected chi connectivity index (χ0v) is 18.4. The minimum atomic E-state index is -0.117. The van der Waals surface area contributed by atoms with Crippen molar-refractivity contribution in [1.29, 1.82) is 0 Å². The SMILES string of the molecule is O=C(NC[C@@H]1CCN(Cc2cc(Cl)cc(Cl)c2)C(=O)CN1)c1ccc2ccccc2c1. The van der Waals surface area contributed by atoms with E-state index in [0.29, 0.717) is 35.2 Å². The van der Waals surface area contributed by atoms with Crippen LogP contribution in [0.1, 0.15) is 22.3 Å². The highest BCUT2D eigenvalue weighted by Crippen LogP contribution is 2.21. The summed E-state index contributed by atoms with van der Waals surface area (Å²) in [6.45, 7) is 1.73. The van der Waals surface area contributed by atoms with Gasteiger partial charge in [-0.15, -0.1) is 0 Å². The lowest BCUT2D eigenvalue weighted by Gasteiger charge is -2.21. The number of carbonyl (C=O) groups excluding carboxylic acids is 2. The van der Waals surface area contributed by atoms with E-state index in [1.165, 1.54) is 0 Å². The van der Waals surface area contributed by atoms with E-state index in [1.54, 1.807) is 11.0 Å². The van der Waals surface area contributed by atoms with Gasteiger partial charge < -0.3 is 15.5 Å². The van der Waals surface area contributed by atoms with Gasteiger partial charge in [0, 0.05) is 41.3 Å². The Bertz CT molecular complexity index is 1100. The van der Waals surface area contributed by atoms with Crippen LogP contribution in [0, 0.1) is 0 Å². The van der Waals surface area contributed by atoms with Crippen LogP contribution in [0.3, 0.4) is 0 Å². The molecule has 2 amide bonds. The van der Waals surface area contributed by atoms with Gasteiger partial charge in [0.1, 0.15) is 0 Å². The lowest BCUT2D eigenvalue weighted by atomic mass is 10.1. The van der Waals surface area contributed by atoms with Crippen LogP contribution in [0.4, 0.5) is 0 Å². The maximum atomic E-state index is 12.6. The number of hydrogen-bond donors (Lipinski definition) is 2. The number of nitrogens with zero attached hydrogens (tertiary/aromatic N) is 1. The second-order valence-corrected chi connectivity index (χ2v) is 8.60. The van der Waals surface area contributed by atoms with Crippen molar-refractivity contribution in [1.82, 2.24) is 15.5 Å². The largest absolute Gasteiger partial charge is 0.350 e. The fourth-order valence-corrected chi connectivity index (χ4v) is 4.37. The van der Waals surface area contributed by atoms with E-state index in [9.17, 15) is 9.59 Å². The average Bonchev–Trinajstić information content (AvgIpc) is 2.92. The fraction of sp³-hybridized carbons (Fsp3) is 0.250. The Kier molecular flexibility index (Phi) is 6.76. The molecule has 1 atom stereocenters. The van der Waals surface area contributed by atoms with Gasteiger partial charge in [0.05, 0.1) is 6.54 Å². The molecule has 0 unspecified atom stereocenters. The Morgan fingerprint density at radius 1 is 1.03 bits per heavy atom. The van der Waals surface area contributed by atoms with Crippen LogP contribution >= 0.6 is 23.2 Å². The zero-order chi connectivity index (χ0) is 21.8. The molecule has 1 saturated heterocycles. The predicted octanol–water partition coefficient (Wildman–Crippen LogP) is 4.27. The molecule has 0 aliphatic carbocycles. The van der Waals surface area contributed by atoms with Gasteiger partial charge in [-0.2, -0.15) is 0 Å². The third-order valence-electron chi connectivity index (χ3n) is 5.46. The molecule has 0 bridgehead atoms. The molecule has 1 aliphatic heterocycles. The van der Waals surface area contributed by atoms with E-state index in [2.05, 4.69) is 10.6 Å². The van der Waals surface area contributed by atoms with Crippen LogP contribution in [-0.4, -0.2) is 42.4 Å². The maximum Gasteiger partial charge on any atom is 0.251 e. The molecule has 2 N–H and O–H groups in total. The number of carbonyl (C=O) groups is 2. The summed E-state index contributed by atoms with van der Waals surface area (Å²) in [4.78, 5) is 26.9. The summed E-state index contributed by atoms with van der Waals surface area (Å²) in [5.41, 5.74) is 1.52. The first kappa shape index (κ1) is 21.6. The number of fused-ring (bicyclic) bond motifs is 1. The topological polar surface area (TPSA) is 61.4 Å². The number of halogens is 2. The molecule has 4 rings (SSSR count). The van der Waals surface area contributed by atoms with Crippen molar-refractivity contribution in [3.05, 3.63) is 81.8 Å². The molecule has 1 fully saturated rings. The predicted molar refractivity (Wildman–Crippen MR) is 125 cm³/mol. The van der Waals surface area contributed by atoms with Gasteiger partial charge in [-0.05, 0) is 53.1 Å². The lowest BCUT2D eigenvalue weighted by molar-refractivity contribution is -0.130. The van der Waals surface area contributed by atoms with E-state index in [-0.39, 0.29) is 24.4 Å². The Morgan fingerprint density at radius 3 is 2.55 bits per heavy atom. The lowest BCUT2D eigenvalue weighted by Crippen LogP contribution is -2.41. The van der Waals surface area contributed by atoms with Crippen molar-refractivity contribution in [2.75, 3.05) is 19.6 Å². The van der Waals surface area contributed by atoms with Gasteiger partial charge >= 0.3 is 0 Å². The molecule has 7 heteroatoms. The molecule has 160 valence electrons. The average molecular weight is 456 g/mol. The van der Waals surface area contributed by atoms with Crippen LogP contribution in [0.5, 0.6) is 0 Å². The van der Waals surface area contributed by atoms with Gasteiger partial charge in [-0.1, -0.05) is 53.5 Å². The highest BCUT2D eigenvalue weighted by molar-refractivity contribution is 6.34. The first-order chi connectivity index (χ1) is 15.0. The molecule has 1 heterocycles. The molecule has 5 nitrogen and oxygen atoms in total. The summed E-state index contributed by atoms with van der Waals surface area (Å²) < 4.78 is 0. The van der Waals surface area contributed by atoms with Crippen LogP contribution in [0.25, 0.3) is 10.8 Å². The van der Waals surface area contributed by atoms with Gasteiger partial charge in [-0.3, -0.25) is 9.59 Å². The first-order valence-corrected chi connectivity index (χ1v) is 11.0. The van der Waals surface area contributed by atoms with E-state index in [1.807, 2.05) is 54.6 Å². The first-order valence-electron chi connectivity index (χ1n) is 10.2. The second kappa shape index (κ2) is 9.69. The van der Waals surface area contributed by atoms with Gasteiger partial charge in [-0.25, -0.2) is 0 Å². The Balaban J connectivity index is 1.33. The van der Waals surface area contributed by atoms with Crippen LogP contribution < -0.4 is 10.6 Å². The van der Waals surface area contributed by atoms with E-state index < -0.39 is 0 Å². The third kappa shape index (κ3) is 5.56. The van der Waals surface area contributed by atoms with E-state index in [0.717, 1.165) is 22.8 Å². The summed E-state index contributed by atoms with van der Waals surface area (Å²) in [7, 11) is 0. The molecular weight excluding hydrogens is 433 g/mol. The standard InChI is InChI=1S/C24H23Cl2N3O2/c25-20-9-16(10-21(26)12-20)15-29-8-7-22(27-14-23(29)30)13-28-24(31)19-6-5-17-3-1-2-4-18(17)11-19/h1-6,9-12,22,27H,7-8,13-15H2,(H,28,31)/t22-/m0/s1. The van der Waals surface area contributed by atoms with Gasteiger partial charge in [0.25, 0.3) is 5.91 Å². The summed E-state index contributed by atoms with van der Waals surface area (Å²) in [6.07, 6.45) is 0.734. The minimum Gasteiger partial charge on any atom is -0.350 e. The molecule has 31 heavy (non-hydrogen) atoms. The highest BCUT2D eigenvalue weighted by Gasteiger charge is 2.22.